The summed E-state index contributed by atoms with van der Waals surface area (Å²) in [4.78, 5) is 0. The van der Waals surface area contributed by atoms with Gasteiger partial charge in [0, 0.05) is 31.1 Å². The van der Waals surface area contributed by atoms with Crippen molar-refractivity contribution in [2.24, 2.45) is 0 Å². The summed E-state index contributed by atoms with van der Waals surface area (Å²) < 4.78 is 0. The maximum atomic E-state index is 4.38. The second-order valence-electron chi connectivity index (χ2n) is 2.64. The summed E-state index contributed by atoms with van der Waals surface area (Å²) in [6.07, 6.45) is 1.14. The van der Waals surface area contributed by atoms with Crippen molar-refractivity contribution in [3.63, 3.8) is 0 Å². The van der Waals surface area contributed by atoms with E-state index in [0.29, 0.717) is 0 Å². The van der Waals surface area contributed by atoms with E-state index in [2.05, 4.69) is 33.0 Å². The Labute approximate surface area is 82.4 Å². The van der Waals surface area contributed by atoms with E-state index in [-0.39, 0.29) is 36.7 Å². The number of hydrogen-bond donors (Lipinski definition) is 0. The molecule has 0 spiro atoms. The van der Waals surface area contributed by atoms with Gasteiger partial charge in [-0.2, -0.15) is 6.54 Å². The smallest absolute Gasteiger partial charge is 0 e. The van der Waals surface area contributed by atoms with Crippen molar-refractivity contribution in [2.45, 2.75) is 39.7 Å². The molecule has 0 aromatic heterocycles. The molecule has 0 rings (SSSR count). The van der Waals surface area contributed by atoms with Crippen LogP contribution in [0.3, 0.4) is 0 Å². The number of hydrogen-bond acceptors (Lipinski definition) is 0. The van der Waals surface area contributed by atoms with Crippen LogP contribution in [-0.4, -0.2) is 12.1 Å². The van der Waals surface area contributed by atoms with E-state index < -0.39 is 0 Å². The Morgan fingerprint density at radius 3 is 1.78 bits per heavy atom. The molecule has 9 heavy (non-hydrogen) atoms. The summed E-state index contributed by atoms with van der Waals surface area (Å²) in [5.74, 6) is 0. The van der Waals surface area contributed by atoms with Crippen molar-refractivity contribution in [1.82, 2.24) is 0 Å². The standard InChI is InChI=1S/C7H16N.U/c1-5-7(3,4)8-6-2;/h5-6H2,1-4H3;/q-1;. The van der Waals surface area contributed by atoms with Gasteiger partial charge >= 0.3 is 0 Å². The van der Waals surface area contributed by atoms with Crippen molar-refractivity contribution < 1.29 is 31.1 Å². The van der Waals surface area contributed by atoms with Crippen LogP contribution in [0.5, 0.6) is 0 Å². The van der Waals surface area contributed by atoms with Crippen LogP contribution in [-0.2, 0) is 0 Å². The summed E-state index contributed by atoms with van der Waals surface area (Å²) in [5, 5.41) is 4.38. The van der Waals surface area contributed by atoms with Gasteiger partial charge in [0.25, 0.3) is 0 Å². The maximum Gasteiger partial charge on any atom is 0 e. The molecule has 0 aliphatic rings. The van der Waals surface area contributed by atoms with Gasteiger partial charge in [-0.05, 0) is 0 Å². The molecular formula is C7H16NU-. The average molecular weight is 352 g/mol. The van der Waals surface area contributed by atoms with E-state index >= 15 is 0 Å². The van der Waals surface area contributed by atoms with E-state index in [1.807, 2.05) is 0 Å². The molecule has 0 heterocycles. The summed E-state index contributed by atoms with van der Waals surface area (Å²) in [5.41, 5.74) is 0.217. The van der Waals surface area contributed by atoms with E-state index in [1.165, 1.54) is 0 Å². The van der Waals surface area contributed by atoms with Gasteiger partial charge in [-0.25, -0.2) is 0 Å². The van der Waals surface area contributed by atoms with Crippen LogP contribution in [0, 0.1) is 31.1 Å². The molecule has 0 amide bonds. The van der Waals surface area contributed by atoms with Crippen molar-refractivity contribution in [3.05, 3.63) is 5.32 Å². The zero-order valence-corrected chi connectivity index (χ0v) is 11.0. The number of rotatable bonds is 3. The van der Waals surface area contributed by atoms with Crippen LogP contribution in [0.2, 0.25) is 0 Å². The molecular weight excluding hydrogens is 336 g/mol. The Bertz CT molecular complexity index is 61.9. The summed E-state index contributed by atoms with van der Waals surface area (Å²) in [7, 11) is 0. The second kappa shape index (κ2) is 5.77. The van der Waals surface area contributed by atoms with Gasteiger partial charge in [-0.1, -0.05) is 34.1 Å². The molecule has 2 heteroatoms. The van der Waals surface area contributed by atoms with Crippen LogP contribution >= 0.6 is 0 Å². The predicted octanol–water partition coefficient (Wildman–Crippen LogP) is 2.57. The Balaban J connectivity index is 0. The fraction of sp³-hybridized carbons (Fsp3) is 1.00. The van der Waals surface area contributed by atoms with Gasteiger partial charge < -0.3 is 5.32 Å². The molecule has 0 saturated carbocycles. The van der Waals surface area contributed by atoms with Crippen LogP contribution in [0.15, 0.2) is 0 Å². The fourth-order valence-electron chi connectivity index (χ4n) is 0.540. The molecule has 0 bridgehead atoms. The Kier molecular flexibility index (Phi) is 8.12. The van der Waals surface area contributed by atoms with Crippen LogP contribution < -0.4 is 0 Å². The number of nitrogens with zero attached hydrogens (tertiary/aromatic N) is 1. The minimum atomic E-state index is 0. The third-order valence-electron chi connectivity index (χ3n) is 1.45. The predicted molar refractivity (Wildman–Crippen MR) is 38.3 cm³/mol. The second-order valence-corrected chi connectivity index (χ2v) is 2.64. The summed E-state index contributed by atoms with van der Waals surface area (Å²) in [6, 6.07) is 0. The van der Waals surface area contributed by atoms with Crippen molar-refractivity contribution in [2.75, 3.05) is 6.54 Å². The van der Waals surface area contributed by atoms with Crippen molar-refractivity contribution >= 4 is 0 Å². The minimum Gasteiger partial charge on any atom is -0.657 e. The van der Waals surface area contributed by atoms with E-state index in [0.717, 1.165) is 13.0 Å². The first kappa shape index (κ1) is 12.7. The molecule has 1 nitrogen and oxygen atoms in total. The van der Waals surface area contributed by atoms with Crippen LogP contribution in [0.1, 0.15) is 34.1 Å². The zero-order chi connectivity index (χ0) is 6.62. The third kappa shape index (κ3) is 6.90. The molecule has 54 valence electrons. The van der Waals surface area contributed by atoms with Crippen LogP contribution in [0.25, 0.3) is 5.32 Å². The van der Waals surface area contributed by atoms with E-state index in [9.17, 15) is 0 Å². The molecule has 0 N–H and O–H groups in total. The first-order valence-corrected chi connectivity index (χ1v) is 3.31. The molecule has 0 aliphatic carbocycles. The summed E-state index contributed by atoms with van der Waals surface area (Å²) >= 11 is 0. The molecule has 0 atom stereocenters. The maximum absolute atomic E-state index is 4.38. The monoisotopic (exact) mass is 352 g/mol. The topological polar surface area (TPSA) is 14.1 Å². The first-order chi connectivity index (χ1) is 3.62. The van der Waals surface area contributed by atoms with Gasteiger partial charge in [-0.15, -0.1) is 5.54 Å². The Morgan fingerprint density at radius 2 is 1.67 bits per heavy atom. The largest absolute Gasteiger partial charge is 0.657 e. The van der Waals surface area contributed by atoms with Gasteiger partial charge in [0.15, 0.2) is 0 Å². The molecule has 0 saturated heterocycles. The fourth-order valence-corrected chi connectivity index (χ4v) is 0.540. The zero-order valence-electron chi connectivity index (χ0n) is 6.86. The SMILES string of the molecule is CC[N-]C(C)(C)CC.[U]. The van der Waals surface area contributed by atoms with Gasteiger partial charge in [0.05, 0.1) is 0 Å². The average Bonchev–Trinajstić information content (AvgIpc) is 1.67. The first-order valence-electron chi connectivity index (χ1n) is 3.31. The normalized spacial score (nSPS) is 10.7. The van der Waals surface area contributed by atoms with Gasteiger partial charge in [0.1, 0.15) is 0 Å². The van der Waals surface area contributed by atoms with Crippen molar-refractivity contribution in [3.8, 4) is 0 Å². The van der Waals surface area contributed by atoms with E-state index in [4.69, 9.17) is 0 Å². The van der Waals surface area contributed by atoms with Gasteiger partial charge in [-0.3, -0.25) is 0 Å². The summed E-state index contributed by atoms with van der Waals surface area (Å²) in [6.45, 7) is 9.52. The molecule has 0 fully saturated rings. The minimum absolute atomic E-state index is 0. The molecule has 0 radical (unpaired) electrons. The molecule has 0 aromatic rings. The third-order valence-corrected chi connectivity index (χ3v) is 1.45. The molecule has 0 aromatic carbocycles. The Morgan fingerprint density at radius 1 is 1.22 bits per heavy atom. The van der Waals surface area contributed by atoms with E-state index in [1.54, 1.807) is 0 Å². The quantitative estimate of drug-likeness (QED) is 0.741. The van der Waals surface area contributed by atoms with Crippen LogP contribution in [0.4, 0.5) is 0 Å². The molecule has 0 aliphatic heterocycles. The molecule has 0 unspecified atom stereocenters. The Hall–Kier alpha value is 1.01. The van der Waals surface area contributed by atoms with Crippen molar-refractivity contribution in [1.29, 1.82) is 0 Å². The van der Waals surface area contributed by atoms with Gasteiger partial charge in [0.2, 0.25) is 0 Å².